The van der Waals surface area contributed by atoms with Gasteiger partial charge in [0.15, 0.2) is 0 Å². The maximum Gasteiger partial charge on any atom is 0.266 e. The van der Waals surface area contributed by atoms with Crippen LogP contribution in [0, 0.1) is 0 Å². The fraction of sp³-hybridized carbons (Fsp3) is 0.222. The lowest BCUT2D eigenvalue weighted by atomic mass is 10.3. The normalized spacial score (nSPS) is 19.7. The molecule has 2 rings (SSSR count). The van der Waals surface area contributed by atoms with Gasteiger partial charge in [0.2, 0.25) is 5.96 Å². The van der Waals surface area contributed by atoms with Crippen LogP contribution in [-0.2, 0) is 10.0 Å². The predicted octanol–water partition coefficient (Wildman–Crippen LogP) is -0.261. The Balaban J connectivity index is 2.41. The van der Waals surface area contributed by atoms with Crippen LogP contribution >= 0.6 is 0 Å². The Labute approximate surface area is 93.1 Å². The highest BCUT2D eigenvalue weighted by Gasteiger charge is 2.25. The third kappa shape index (κ3) is 2.00. The standard InChI is InChI=1S/C9H11N3O3S/c13-6-5-10-9-11-7-3-1-2-4-8(7)16(14,15)12-9/h1-4,13H,5-6H2,(H2,10,11,12). The molecule has 1 heterocycles. The molecule has 0 saturated carbocycles. The van der Waals surface area contributed by atoms with Crippen LogP contribution in [0.25, 0.3) is 0 Å². The van der Waals surface area contributed by atoms with E-state index in [2.05, 4.69) is 15.0 Å². The zero-order valence-electron chi connectivity index (χ0n) is 8.34. The van der Waals surface area contributed by atoms with Gasteiger partial charge in [-0.1, -0.05) is 12.1 Å². The van der Waals surface area contributed by atoms with Gasteiger partial charge in [0, 0.05) is 0 Å². The van der Waals surface area contributed by atoms with E-state index in [0.29, 0.717) is 5.69 Å². The Morgan fingerprint density at radius 1 is 1.31 bits per heavy atom. The van der Waals surface area contributed by atoms with Crippen LogP contribution < -0.4 is 10.0 Å². The monoisotopic (exact) mass is 241 g/mol. The zero-order valence-corrected chi connectivity index (χ0v) is 9.16. The Morgan fingerprint density at radius 2 is 2.06 bits per heavy atom. The Hall–Kier alpha value is -1.60. The summed E-state index contributed by atoms with van der Waals surface area (Å²) < 4.78 is 25.8. The van der Waals surface area contributed by atoms with E-state index in [1.54, 1.807) is 18.2 Å². The average Bonchev–Trinajstić information content (AvgIpc) is 2.25. The van der Waals surface area contributed by atoms with Gasteiger partial charge in [0.05, 0.1) is 18.8 Å². The van der Waals surface area contributed by atoms with E-state index in [4.69, 9.17) is 5.11 Å². The van der Waals surface area contributed by atoms with Crippen LogP contribution in [0.1, 0.15) is 0 Å². The molecule has 86 valence electrons. The number of aliphatic hydroxyl groups is 1. The molecule has 6 nitrogen and oxygen atoms in total. The third-order valence-electron chi connectivity index (χ3n) is 2.03. The van der Waals surface area contributed by atoms with E-state index < -0.39 is 10.0 Å². The molecule has 1 aromatic carbocycles. The second-order valence-corrected chi connectivity index (χ2v) is 4.83. The van der Waals surface area contributed by atoms with Crippen LogP contribution in [0.5, 0.6) is 0 Å². The van der Waals surface area contributed by atoms with Crippen molar-refractivity contribution in [3.63, 3.8) is 0 Å². The number of rotatable bonds is 2. The smallest absolute Gasteiger partial charge is 0.266 e. The first-order chi connectivity index (χ1) is 7.63. The number of fused-ring (bicyclic) bond motifs is 1. The van der Waals surface area contributed by atoms with E-state index >= 15 is 0 Å². The molecule has 0 unspecified atom stereocenters. The van der Waals surface area contributed by atoms with E-state index in [0.717, 1.165) is 0 Å². The number of aliphatic hydroxyl groups excluding tert-OH is 1. The van der Waals surface area contributed by atoms with Gasteiger partial charge >= 0.3 is 0 Å². The molecular formula is C9H11N3O3S. The first kappa shape index (κ1) is 10.9. The molecule has 16 heavy (non-hydrogen) atoms. The van der Waals surface area contributed by atoms with Gasteiger partial charge < -0.3 is 10.4 Å². The molecule has 7 heteroatoms. The summed E-state index contributed by atoms with van der Waals surface area (Å²) in [5, 5.41) is 11.4. The maximum atomic E-state index is 11.8. The largest absolute Gasteiger partial charge is 0.394 e. The van der Waals surface area contributed by atoms with E-state index in [9.17, 15) is 8.42 Å². The van der Waals surface area contributed by atoms with Crippen molar-refractivity contribution < 1.29 is 13.5 Å². The predicted molar refractivity (Wildman–Crippen MR) is 59.8 cm³/mol. The molecule has 0 bridgehead atoms. The van der Waals surface area contributed by atoms with Crippen molar-refractivity contribution in [3.05, 3.63) is 24.3 Å². The molecular weight excluding hydrogens is 230 g/mol. The van der Waals surface area contributed by atoms with Crippen molar-refractivity contribution in [2.75, 3.05) is 18.5 Å². The van der Waals surface area contributed by atoms with Crippen molar-refractivity contribution in [2.24, 2.45) is 4.99 Å². The van der Waals surface area contributed by atoms with Crippen LogP contribution in [0.3, 0.4) is 0 Å². The van der Waals surface area contributed by atoms with Crippen molar-refractivity contribution in [3.8, 4) is 0 Å². The quantitative estimate of drug-likeness (QED) is 0.665. The number of guanidine groups is 1. The number of sulfonamides is 1. The fourth-order valence-electron chi connectivity index (χ4n) is 1.37. The summed E-state index contributed by atoms with van der Waals surface area (Å²) >= 11 is 0. The van der Waals surface area contributed by atoms with Gasteiger partial charge in [-0.15, -0.1) is 0 Å². The summed E-state index contributed by atoms with van der Waals surface area (Å²) in [6.45, 7) is 0.0155. The van der Waals surface area contributed by atoms with Crippen molar-refractivity contribution in [1.82, 2.24) is 4.72 Å². The van der Waals surface area contributed by atoms with Crippen LogP contribution in [0.15, 0.2) is 34.2 Å². The SMILES string of the molecule is O=S1(=O)NC(=NCCO)Nc2ccccc21. The van der Waals surface area contributed by atoms with Crippen molar-refractivity contribution in [1.29, 1.82) is 0 Å². The molecule has 0 spiro atoms. The number of anilines is 1. The minimum atomic E-state index is -3.55. The number of hydrogen-bond donors (Lipinski definition) is 3. The minimum Gasteiger partial charge on any atom is -0.394 e. The fourth-order valence-corrected chi connectivity index (χ4v) is 2.52. The van der Waals surface area contributed by atoms with E-state index in [1.807, 2.05) is 0 Å². The lowest BCUT2D eigenvalue weighted by molar-refractivity contribution is 0.307. The Kier molecular flexibility index (Phi) is 2.80. The van der Waals surface area contributed by atoms with Gasteiger partial charge in [-0.3, -0.25) is 0 Å². The number of hydrogen-bond acceptors (Lipinski definition) is 4. The zero-order chi connectivity index (χ0) is 11.6. The maximum absolute atomic E-state index is 11.8. The summed E-state index contributed by atoms with van der Waals surface area (Å²) in [6, 6.07) is 6.54. The lowest BCUT2D eigenvalue weighted by Gasteiger charge is -2.20. The number of aliphatic imine (C=N–C) groups is 1. The van der Waals surface area contributed by atoms with Gasteiger partial charge in [0.1, 0.15) is 4.90 Å². The van der Waals surface area contributed by atoms with Crippen molar-refractivity contribution in [2.45, 2.75) is 4.90 Å². The molecule has 0 amide bonds. The van der Waals surface area contributed by atoms with Gasteiger partial charge in [-0.05, 0) is 12.1 Å². The molecule has 0 saturated heterocycles. The first-order valence-electron chi connectivity index (χ1n) is 4.67. The second kappa shape index (κ2) is 4.11. The van der Waals surface area contributed by atoms with Crippen LogP contribution in [0.4, 0.5) is 5.69 Å². The number of nitrogens with zero attached hydrogens (tertiary/aromatic N) is 1. The minimum absolute atomic E-state index is 0.130. The third-order valence-corrected chi connectivity index (χ3v) is 3.43. The summed E-state index contributed by atoms with van der Waals surface area (Å²) in [6.07, 6.45) is 0. The van der Waals surface area contributed by atoms with Gasteiger partial charge in [-0.25, -0.2) is 18.1 Å². The summed E-state index contributed by atoms with van der Waals surface area (Å²) in [5.41, 5.74) is 0.484. The Morgan fingerprint density at radius 3 is 2.81 bits per heavy atom. The molecule has 3 N–H and O–H groups in total. The summed E-state index contributed by atoms with van der Waals surface area (Å²) in [5.74, 6) is 0.132. The van der Waals surface area contributed by atoms with E-state index in [1.165, 1.54) is 6.07 Å². The first-order valence-corrected chi connectivity index (χ1v) is 6.16. The molecule has 1 aliphatic rings. The van der Waals surface area contributed by atoms with Gasteiger partial charge in [0.25, 0.3) is 10.0 Å². The van der Waals surface area contributed by atoms with E-state index in [-0.39, 0.29) is 24.0 Å². The molecule has 0 aliphatic carbocycles. The van der Waals surface area contributed by atoms with Crippen LogP contribution in [0.2, 0.25) is 0 Å². The highest BCUT2D eigenvalue weighted by molar-refractivity contribution is 7.90. The number of benzene rings is 1. The molecule has 1 aromatic rings. The average molecular weight is 241 g/mol. The van der Waals surface area contributed by atoms with Crippen LogP contribution in [-0.4, -0.2) is 32.6 Å². The molecule has 0 radical (unpaired) electrons. The highest BCUT2D eigenvalue weighted by Crippen LogP contribution is 2.23. The highest BCUT2D eigenvalue weighted by atomic mass is 32.2. The van der Waals surface area contributed by atoms with Gasteiger partial charge in [-0.2, -0.15) is 0 Å². The molecule has 0 atom stereocenters. The second-order valence-electron chi connectivity index (χ2n) is 3.18. The topological polar surface area (TPSA) is 90.8 Å². The summed E-state index contributed by atoms with van der Waals surface area (Å²) in [4.78, 5) is 4.05. The molecule has 0 aromatic heterocycles. The summed E-state index contributed by atoms with van der Waals surface area (Å²) in [7, 11) is -3.55. The van der Waals surface area contributed by atoms with Crippen molar-refractivity contribution >= 4 is 21.7 Å². The Bertz CT molecular complexity index is 525. The molecule has 1 aliphatic heterocycles. The lowest BCUT2D eigenvalue weighted by Crippen LogP contribution is -2.40. The molecule has 0 fully saturated rings. The number of para-hydroxylation sites is 1. The number of nitrogens with one attached hydrogen (secondary N) is 2.